The van der Waals surface area contributed by atoms with E-state index in [4.69, 9.17) is 0 Å². The Labute approximate surface area is 156 Å². The van der Waals surface area contributed by atoms with E-state index in [1.54, 1.807) is 13.0 Å². The van der Waals surface area contributed by atoms with Crippen molar-refractivity contribution in [3.05, 3.63) is 58.0 Å². The van der Waals surface area contributed by atoms with E-state index in [0.29, 0.717) is 31.8 Å². The molecule has 0 saturated carbocycles. The highest BCUT2D eigenvalue weighted by atomic mass is 16.2. The van der Waals surface area contributed by atoms with E-state index in [2.05, 4.69) is 19.9 Å². The third kappa shape index (κ3) is 3.92. The molecule has 1 aromatic carbocycles. The van der Waals surface area contributed by atoms with Gasteiger partial charge >= 0.3 is 0 Å². The second-order valence-corrected chi connectivity index (χ2v) is 7.11. The average molecular weight is 365 g/mol. The van der Waals surface area contributed by atoms with Gasteiger partial charge in [-0.1, -0.05) is 12.1 Å². The predicted octanol–water partition coefficient (Wildman–Crippen LogP) is 2.29. The molecule has 0 bridgehead atoms. The number of likely N-dealkylation sites (tertiary alicyclic amines) is 1. The molecule has 1 amide bonds. The molecule has 7 nitrogen and oxygen atoms in total. The number of imidazole rings is 1. The minimum absolute atomic E-state index is 0.109. The van der Waals surface area contributed by atoms with E-state index < -0.39 is 0 Å². The van der Waals surface area contributed by atoms with Crippen LogP contribution in [0.15, 0.2) is 35.1 Å². The maximum Gasteiger partial charge on any atom is 0.251 e. The zero-order valence-corrected chi connectivity index (χ0v) is 15.4. The lowest BCUT2D eigenvalue weighted by Gasteiger charge is -2.31. The van der Waals surface area contributed by atoms with Gasteiger partial charge in [-0.15, -0.1) is 0 Å². The fourth-order valence-electron chi connectivity index (χ4n) is 3.74. The number of rotatable bonds is 4. The summed E-state index contributed by atoms with van der Waals surface area (Å²) >= 11 is 0. The number of fused-ring (bicyclic) bond motifs is 1. The first-order chi connectivity index (χ1) is 13.1. The van der Waals surface area contributed by atoms with E-state index in [1.807, 2.05) is 29.2 Å². The number of carbonyl (C=O) groups is 1. The topological polar surface area (TPSA) is 94.7 Å². The van der Waals surface area contributed by atoms with Crippen molar-refractivity contribution in [3.8, 4) is 0 Å². The molecule has 7 heteroatoms. The Hall–Kier alpha value is -2.96. The van der Waals surface area contributed by atoms with E-state index in [-0.39, 0.29) is 17.4 Å². The molecule has 2 N–H and O–H groups in total. The van der Waals surface area contributed by atoms with E-state index >= 15 is 0 Å². The van der Waals surface area contributed by atoms with Crippen LogP contribution in [-0.2, 0) is 11.2 Å². The maximum atomic E-state index is 12.6. The fourth-order valence-corrected chi connectivity index (χ4v) is 3.74. The first kappa shape index (κ1) is 17.5. The lowest BCUT2D eigenvalue weighted by Crippen LogP contribution is -2.38. The molecule has 4 rings (SSSR count). The van der Waals surface area contributed by atoms with Crippen LogP contribution in [0.3, 0.4) is 0 Å². The zero-order valence-electron chi connectivity index (χ0n) is 15.4. The van der Waals surface area contributed by atoms with Crippen molar-refractivity contribution in [2.45, 2.75) is 38.5 Å². The fraction of sp³-hybridized carbons (Fsp3) is 0.400. The number of hydrogen-bond donors (Lipinski definition) is 2. The Morgan fingerprint density at radius 1 is 1.19 bits per heavy atom. The van der Waals surface area contributed by atoms with Gasteiger partial charge in [-0.3, -0.25) is 9.59 Å². The number of hydrogen-bond acceptors (Lipinski definition) is 4. The average Bonchev–Trinajstić information content (AvgIpc) is 3.08. The third-order valence-electron chi connectivity index (χ3n) is 5.16. The van der Waals surface area contributed by atoms with Crippen molar-refractivity contribution in [3.63, 3.8) is 0 Å². The highest BCUT2D eigenvalue weighted by Gasteiger charge is 2.25. The summed E-state index contributed by atoms with van der Waals surface area (Å²) in [5.41, 5.74) is 2.66. The molecule has 3 heterocycles. The lowest BCUT2D eigenvalue weighted by atomic mass is 9.93. The monoisotopic (exact) mass is 365 g/mol. The van der Waals surface area contributed by atoms with Crippen LogP contribution in [0.4, 0.5) is 0 Å². The van der Waals surface area contributed by atoms with Gasteiger partial charge in [0.25, 0.3) is 5.56 Å². The van der Waals surface area contributed by atoms with Crippen molar-refractivity contribution in [2.24, 2.45) is 0 Å². The molecule has 2 aromatic heterocycles. The predicted molar refractivity (Wildman–Crippen MR) is 103 cm³/mol. The summed E-state index contributed by atoms with van der Waals surface area (Å²) in [6, 6.07) is 9.46. The number of amides is 1. The van der Waals surface area contributed by atoms with Crippen LogP contribution in [0, 0.1) is 6.92 Å². The van der Waals surface area contributed by atoms with Crippen molar-refractivity contribution in [2.75, 3.05) is 13.1 Å². The highest BCUT2D eigenvalue weighted by Crippen LogP contribution is 2.26. The van der Waals surface area contributed by atoms with Gasteiger partial charge in [0, 0.05) is 37.9 Å². The molecule has 1 aliphatic rings. The lowest BCUT2D eigenvalue weighted by molar-refractivity contribution is -0.132. The summed E-state index contributed by atoms with van der Waals surface area (Å²) in [5.74, 6) is 1.89. The van der Waals surface area contributed by atoms with Gasteiger partial charge in [0.1, 0.15) is 11.6 Å². The molecule has 1 fully saturated rings. The molecule has 0 spiro atoms. The number of nitrogens with zero attached hydrogens (tertiary/aromatic N) is 3. The largest absolute Gasteiger partial charge is 0.343 e. The van der Waals surface area contributed by atoms with Crippen LogP contribution in [0.1, 0.15) is 42.5 Å². The summed E-state index contributed by atoms with van der Waals surface area (Å²) in [6.07, 6.45) is 2.74. The molecule has 0 radical (unpaired) electrons. The van der Waals surface area contributed by atoms with Crippen molar-refractivity contribution in [1.82, 2.24) is 24.8 Å². The molecule has 3 aromatic rings. The van der Waals surface area contributed by atoms with Crippen molar-refractivity contribution >= 4 is 16.9 Å². The summed E-state index contributed by atoms with van der Waals surface area (Å²) in [7, 11) is 0. The number of benzene rings is 1. The Morgan fingerprint density at radius 2 is 1.96 bits per heavy atom. The smallest absolute Gasteiger partial charge is 0.251 e. The first-order valence-electron chi connectivity index (χ1n) is 9.38. The van der Waals surface area contributed by atoms with Crippen molar-refractivity contribution < 1.29 is 4.79 Å². The zero-order chi connectivity index (χ0) is 18.8. The number of aromatic nitrogens is 4. The first-order valence-corrected chi connectivity index (χ1v) is 9.38. The highest BCUT2D eigenvalue weighted by molar-refractivity contribution is 5.77. The molecule has 140 valence electrons. The van der Waals surface area contributed by atoms with E-state index in [0.717, 1.165) is 35.4 Å². The number of H-pyrrole nitrogens is 2. The van der Waals surface area contributed by atoms with Gasteiger partial charge in [0.2, 0.25) is 5.91 Å². The standard InChI is InChI=1S/C20H23N5O2/c1-13-21-17(12-19(26)22-13)14-8-10-25(11-9-14)20(27)7-6-18-23-15-4-2-3-5-16(15)24-18/h2-5,12,14H,6-11H2,1H3,(H,23,24)(H,21,22,26). The molecule has 0 aliphatic carbocycles. The summed E-state index contributed by atoms with van der Waals surface area (Å²) < 4.78 is 0. The minimum atomic E-state index is -0.109. The number of carbonyl (C=O) groups excluding carboxylic acids is 1. The van der Waals surface area contributed by atoms with Crippen LogP contribution in [0.5, 0.6) is 0 Å². The number of nitrogens with one attached hydrogen (secondary N) is 2. The van der Waals surface area contributed by atoms with Gasteiger partial charge in [0.15, 0.2) is 0 Å². The number of aromatic amines is 2. The maximum absolute atomic E-state index is 12.6. The van der Waals surface area contributed by atoms with Gasteiger partial charge in [-0.25, -0.2) is 9.97 Å². The SMILES string of the molecule is Cc1nc(C2CCN(C(=O)CCc3nc4ccccc4[nH]3)CC2)cc(=O)[nH]1. The molecular formula is C20H23N5O2. The van der Waals surface area contributed by atoms with Gasteiger partial charge < -0.3 is 14.9 Å². The Morgan fingerprint density at radius 3 is 2.70 bits per heavy atom. The number of piperidine rings is 1. The number of aryl methyl sites for hydroxylation is 2. The molecule has 1 saturated heterocycles. The Bertz CT molecular complexity index is 981. The van der Waals surface area contributed by atoms with Crippen LogP contribution in [-0.4, -0.2) is 43.8 Å². The van der Waals surface area contributed by atoms with Crippen LogP contribution >= 0.6 is 0 Å². The number of para-hydroxylation sites is 2. The Balaban J connectivity index is 1.32. The summed E-state index contributed by atoms with van der Waals surface area (Å²) in [6.45, 7) is 3.20. The second-order valence-electron chi connectivity index (χ2n) is 7.11. The minimum Gasteiger partial charge on any atom is -0.343 e. The van der Waals surface area contributed by atoms with Gasteiger partial charge in [-0.2, -0.15) is 0 Å². The van der Waals surface area contributed by atoms with Gasteiger partial charge in [0.05, 0.1) is 16.7 Å². The third-order valence-corrected chi connectivity index (χ3v) is 5.16. The van der Waals surface area contributed by atoms with Crippen LogP contribution in [0.2, 0.25) is 0 Å². The molecule has 0 unspecified atom stereocenters. The van der Waals surface area contributed by atoms with Crippen LogP contribution < -0.4 is 5.56 Å². The summed E-state index contributed by atoms with van der Waals surface area (Å²) in [5, 5.41) is 0. The van der Waals surface area contributed by atoms with Crippen molar-refractivity contribution in [1.29, 1.82) is 0 Å². The Kier molecular flexibility index (Phi) is 4.75. The summed E-state index contributed by atoms with van der Waals surface area (Å²) in [4.78, 5) is 41.0. The quantitative estimate of drug-likeness (QED) is 0.742. The molecule has 0 atom stereocenters. The normalized spacial score (nSPS) is 15.4. The molecule has 27 heavy (non-hydrogen) atoms. The van der Waals surface area contributed by atoms with Gasteiger partial charge in [-0.05, 0) is 31.9 Å². The van der Waals surface area contributed by atoms with E-state index in [1.165, 1.54) is 0 Å². The molecule has 1 aliphatic heterocycles. The van der Waals surface area contributed by atoms with E-state index in [9.17, 15) is 9.59 Å². The second kappa shape index (κ2) is 7.34. The molecular weight excluding hydrogens is 342 g/mol. The van der Waals surface area contributed by atoms with Crippen LogP contribution in [0.25, 0.3) is 11.0 Å².